The molecule has 136 valence electrons. The molecular formula is C19H33N3O2. The van der Waals surface area contributed by atoms with E-state index in [1.807, 2.05) is 25.1 Å². The number of benzene rings is 1. The van der Waals surface area contributed by atoms with E-state index in [1.54, 1.807) is 14.2 Å². The number of methoxy groups -OCH3 is 1. The van der Waals surface area contributed by atoms with Crippen LogP contribution in [-0.4, -0.2) is 45.9 Å². The van der Waals surface area contributed by atoms with Crippen LogP contribution in [0.1, 0.15) is 38.9 Å². The first-order valence-electron chi connectivity index (χ1n) is 8.76. The van der Waals surface area contributed by atoms with Crippen molar-refractivity contribution in [3.63, 3.8) is 0 Å². The van der Waals surface area contributed by atoms with Crippen molar-refractivity contribution in [2.75, 3.05) is 33.9 Å². The minimum atomic E-state index is -0.00316. The van der Waals surface area contributed by atoms with Crippen molar-refractivity contribution in [3.05, 3.63) is 35.9 Å². The first kappa shape index (κ1) is 20.5. The second kappa shape index (κ2) is 11.9. The fourth-order valence-electron chi connectivity index (χ4n) is 2.57. The van der Waals surface area contributed by atoms with Gasteiger partial charge in [0.25, 0.3) is 0 Å². The molecule has 1 aromatic rings. The number of nitrogens with one attached hydrogen (secondary N) is 2. The molecule has 0 bridgehead atoms. The van der Waals surface area contributed by atoms with Gasteiger partial charge in [0.05, 0.1) is 12.2 Å². The maximum Gasteiger partial charge on any atom is 0.191 e. The molecule has 2 N–H and O–H groups in total. The summed E-state index contributed by atoms with van der Waals surface area (Å²) < 4.78 is 11.3. The zero-order valence-corrected chi connectivity index (χ0v) is 15.7. The Kier molecular flexibility index (Phi) is 10.1. The van der Waals surface area contributed by atoms with Crippen LogP contribution in [0.5, 0.6) is 0 Å². The fraction of sp³-hybridized carbons (Fsp3) is 0.632. The molecule has 1 rings (SSSR count). The van der Waals surface area contributed by atoms with Gasteiger partial charge in [-0.2, -0.15) is 0 Å². The lowest BCUT2D eigenvalue weighted by Gasteiger charge is -2.22. The van der Waals surface area contributed by atoms with Crippen molar-refractivity contribution in [2.45, 2.75) is 39.4 Å². The van der Waals surface area contributed by atoms with Crippen LogP contribution >= 0.6 is 0 Å². The lowest BCUT2D eigenvalue weighted by Crippen LogP contribution is -2.41. The highest BCUT2D eigenvalue weighted by atomic mass is 16.5. The van der Waals surface area contributed by atoms with E-state index in [4.69, 9.17) is 9.47 Å². The molecule has 5 nitrogen and oxygen atoms in total. The standard InChI is InChI=1S/C19H33N3O2/c1-6-24-17(15(2)3)12-13-21-19(20-4)22-14-18(23-5)16-10-8-7-9-11-16/h7-11,15,17-18H,6,12-14H2,1-5H3,(H2,20,21,22). The predicted octanol–water partition coefficient (Wildman–Crippen LogP) is 2.99. The summed E-state index contributed by atoms with van der Waals surface area (Å²) in [6.45, 7) is 8.66. The molecule has 2 atom stereocenters. The quantitative estimate of drug-likeness (QED) is 0.510. The van der Waals surface area contributed by atoms with Gasteiger partial charge in [-0.05, 0) is 24.8 Å². The van der Waals surface area contributed by atoms with Crippen LogP contribution in [-0.2, 0) is 9.47 Å². The second-order valence-electron chi connectivity index (χ2n) is 6.04. The van der Waals surface area contributed by atoms with E-state index in [9.17, 15) is 0 Å². The molecule has 1 aromatic carbocycles. The largest absolute Gasteiger partial charge is 0.378 e. The third-order valence-electron chi connectivity index (χ3n) is 3.98. The SMILES string of the molecule is CCOC(CCNC(=NC)NCC(OC)c1ccccc1)C(C)C. The highest BCUT2D eigenvalue weighted by Gasteiger charge is 2.14. The van der Waals surface area contributed by atoms with Gasteiger partial charge in [0, 0.05) is 33.9 Å². The van der Waals surface area contributed by atoms with Crippen LogP contribution in [0.3, 0.4) is 0 Å². The molecule has 0 saturated heterocycles. The first-order chi connectivity index (χ1) is 11.6. The van der Waals surface area contributed by atoms with Crippen molar-refractivity contribution in [3.8, 4) is 0 Å². The molecule has 0 radical (unpaired) electrons. The van der Waals surface area contributed by atoms with Gasteiger partial charge in [0.1, 0.15) is 0 Å². The van der Waals surface area contributed by atoms with Gasteiger partial charge in [-0.1, -0.05) is 44.2 Å². The van der Waals surface area contributed by atoms with E-state index >= 15 is 0 Å². The molecule has 5 heteroatoms. The van der Waals surface area contributed by atoms with E-state index in [1.165, 1.54) is 0 Å². The molecule has 0 heterocycles. The Hall–Kier alpha value is -1.59. The number of guanidine groups is 1. The normalized spacial score (nSPS) is 14.5. The average molecular weight is 335 g/mol. The number of hydrogen-bond donors (Lipinski definition) is 2. The van der Waals surface area contributed by atoms with Crippen LogP contribution in [0.4, 0.5) is 0 Å². The molecule has 0 saturated carbocycles. The Morgan fingerprint density at radius 3 is 2.42 bits per heavy atom. The van der Waals surface area contributed by atoms with Gasteiger partial charge in [-0.15, -0.1) is 0 Å². The number of aliphatic imine (C=N–C) groups is 1. The zero-order chi connectivity index (χ0) is 17.8. The Bertz CT molecular complexity index is 463. The van der Waals surface area contributed by atoms with Gasteiger partial charge >= 0.3 is 0 Å². The van der Waals surface area contributed by atoms with E-state index in [0.717, 1.165) is 31.1 Å². The van der Waals surface area contributed by atoms with Gasteiger partial charge in [0.15, 0.2) is 5.96 Å². The summed E-state index contributed by atoms with van der Waals surface area (Å²) in [6.07, 6.45) is 1.23. The lowest BCUT2D eigenvalue weighted by molar-refractivity contribution is 0.0258. The van der Waals surface area contributed by atoms with Crippen LogP contribution in [0, 0.1) is 5.92 Å². The fourth-order valence-corrected chi connectivity index (χ4v) is 2.57. The van der Waals surface area contributed by atoms with E-state index in [0.29, 0.717) is 12.5 Å². The summed E-state index contributed by atoms with van der Waals surface area (Å²) in [6, 6.07) is 10.2. The number of ether oxygens (including phenoxy) is 2. The highest BCUT2D eigenvalue weighted by Crippen LogP contribution is 2.14. The summed E-state index contributed by atoms with van der Waals surface area (Å²) in [5, 5.41) is 6.67. The number of rotatable bonds is 10. The van der Waals surface area contributed by atoms with Crippen LogP contribution < -0.4 is 10.6 Å². The van der Waals surface area contributed by atoms with Crippen molar-refractivity contribution in [2.24, 2.45) is 10.9 Å². The summed E-state index contributed by atoms with van der Waals surface area (Å²) in [5.41, 5.74) is 1.15. The minimum Gasteiger partial charge on any atom is -0.378 e. The van der Waals surface area contributed by atoms with E-state index < -0.39 is 0 Å². The van der Waals surface area contributed by atoms with Gasteiger partial charge in [0.2, 0.25) is 0 Å². The van der Waals surface area contributed by atoms with Crippen LogP contribution in [0.2, 0.25) is 0 Å². The highest BCUT2D eigenvalue weighted by molar-refractivity contribution is 5.79. The molecule has 0 aromatic heterocycles. The second-order valence-corrected chi connectivity index (χ2v) is 6.04. The third-order valence-corrected chi connectivity index (χ3v) is 3.98. The van der Waals surface area contributed by atoms with Crippen molar-refractivity contribution in [1.29, 1.82) is 0 Å². The monoisotopic (exact) mass is 335 g/mol. The van der Waals surface area contributed by atoms with Gasteiger partial charge in [-0.3, -0.25) is 4.99 Å². The summed E-state index contributed by atoms with van der Waals surface area (Å²) in [4.78, 5) is 4.27. The summed E-state index contributed by atoms with van der Waals surface area (Å²) in [5.74, 6) is 1.30. The van der Waals surface area contributed by atoms with E-state index in [-0.39, 0.29) is 12.2 Å². The molecule has 0 spiro atoms. The zero-order valence-electron chi connectivity index (χ0n) is 15.7. The molecule has 0 aliphatic heterocycles. The molecule has 2 unspecified atom stereocenters. The van der Waals surface area contributed by atoms with Gasteiger partial charge < -0.3 is 20.1 Å². The van der Waals surface area contributed by atoms with Crippen molar-refractivity contribution < 1.29 is 9.47 Å². The van der Waals surface area contributed by atoms with E-state index in [2.05, 4.69) is 41.6 Å². The first-order valence-corrected chi connectivity index (χ1v) is 8.76. The summed E-state index contributed by atoms with van der Waals surface area (Å²) in [7, 11) is 3.51. The molecule has 0 fully saturated rings. The number of hydrogen-bond acceptors (Lipinski definition) is 3. The Balaban J connectivity index is 2.42. The molecule has 0 amide bonds. The topological polar surface area (TPSA) is 54.9 Å². The molecule has 0 aliphatic rings. The smallest absolute Gasteiger partial charge is 0.191 e. The predicted molar refractivity (Wildman–Crippen MR) is 100 cm³/mol. The maximum absolute atomic E-state index is 5.77. The lowest BCUT2D eigenvalue weighted by atomic mass is 10.0. The Morgan fingerprint density at radius 1 is 1.17 bits per heavy atom. The molecule has 0 aliphatic carbocycles. The Labute approximate surface area is 146 Å². The van der Waals surface area contributed by atoms with Gasteiger partial charge in [-0.25, -0.2) is 0 Å². The maximum atomic E-state index is 5.77. The van der Waals surface area contributed by atoms with Crippen LogP contribution in [0.25, 0.3) is 0 Å². The number of nitrogens with zero attached hydrogens (tertiary/aromatic N) is 1. The van der Waals surface area contributed by atoms with Crippen LogP contribution in [0.15, 0.2) is 35.3 Å². The Morgan fingerprint density at radius 2 is 1.88 bits per heavy atom. The minimum absolute atomic E-state index is 0.00316. The van der Waals surface area contributed by atoms with Crippen molar-refractivity contribution >= 4 is 5.96 Å². The molecular weight excluding hydrogens is 302 g/mol. The van der Waals surface area contributed by atoms with Crippen molar-refractivity contribution in [1.82, 2.24) is 10.6 Å². The average Bonchev–Trinajstić information content (AvgIpc) is 2.60. The third kappa shape index (κ3) is 7.32. The molecule has 24 heavy (non-hydrogen) atoms. The summed E-state index contributed by atoms with van der Waals surface area (Å²) >= 11 is 0.